The molecule has 0 fully saturated rings. The van der Waals surface area contributed by atoms with E-state index in [1.165, 1.54) is 6.92 Å². The van der Waals surface area contributed by atoms with E-state index < -0.39 is 11.9 Å². The van der Waals surface area contributed by atoms with Crippen molar-refractivity contribution in [3.8, 4) is 0 Å². The molecule has 0 saturated carbocycles. The minimum atomic E-state index is -0.911. The third-order valence-electron chi connectivity index (χ3n) is 1.52. The number of carboxylic acids is 1. The maximum atomic E-state index is 10.6. The summed E-state index contributed by atoms with van der Waals surface area (Å²) in [7, 11) is 0. The van der Waals surface area contributed by atoms with Gasteiger partial charge in [0.25, 0.3) is 0 Å². The fraction of sp³-hybridized carbons (Fsp3) is 0.750. The van der Waals surface area contributed by atoms with Gasteiger partial charge in [0.15, 0.2) is 0 Å². The lowest BCUT2D eigenvalue weighted by molar-refractivity contribution is -0.143. The van der Waals surface area contributed by atoms with E-state index in [9.17, 15) is 9.59 Å². The Morgan fingerprint density at radius 2 is 2.08 bits per heavy atom. The second-order valence-corrected chi connectivity index (χ2v) is 2.75. The van der Waals surface area contributed by atoms with Gasteiger partial charge >= 0.3 is 5.97 Å². The topological polar surface area (TPSA) is 66.4 Å². The van der Waals surface area contributed by atoms with Crippen molar-refractivity contribution in [1.82, 2.24) is 5.32 Å². The minimum Gasteiger partial charge on any atom is -0.481 e. The first-order chi connectivity index (χ1) is 5.57. The lowest BCUT2D eigenvalue weighted by Gasteiger charge is -2.09. The number of nitrogens with one attached hydrogen (secondary N) is 1. The van der Waals surface area contributed by atoms with Gasteiger partial charge in [0, 0.05) is 13.0 Å². The van der Waals surface area contributed by atoms with E-state index in [-0.39, 0.29) is 12.2 Å². The van der Waals surface area contributed by atoms with E-state index >= 15 is 0 Å². The van der Waals surface area contributed by atoms with Crippen LogP contribution in [-0.2, 0) is 9.59 Å². The highest BCUT2D eigenvalue weighted by Gasteiger charge is 2.18. The summed E-state index contributed by atoms with van der Waals surface area (Å²) in [5.74, 6) is -1.58. The van der Waals surface area contributed by atoms with Crippen LogP contribution in [0.25, 0.3) is 0 Å². The molecule has 0 amide bonds. The molecule has 0 aromatic rings. The van der Waals surface area contributed by atoms with Gasteiger partial charge in [-0.15, -0.1) is 0 Å². The molecule has 0 aliphatic heterocycles. The summed E-state index contributed by atoms with van der Waals surface area (Å²) in [5.41, 5.74) is 0. The van der Waals surface area contributed by atoms with Gasteiger partial charge in [-0.25, -0.2) is 0 Å². The molecule has 1 atom stereocenters. The van der Waals surface area contributed by atoms with Crippen LogP contribution in [-0.4, -0.2) is 29.9 Å². The molecule has 0 aliphatic carbocycles. The Morgan fingerprint density at radius 3 is 2.42 bits per heavy atom. The van der Waals surface area contributed by atoms with E-state index in [1.54, 1.807) is 0 Å². The smallest absolute Gasteiger partial charge is 0.308 e. The number of carbonyl (C=O) groups is 2. The predicted octanol–water partition coefficient (Wildman–Crippen LogP) is 0.276. The second-order valence-electron chi connectivity index (χ2n) is 2.75. The molecule has 0 heterocycles. The number of hydrogen-bond donors (Lipinski definition) is 2. The monoisotopic (exact) mass is 173 g/mol. The van der Waals surface area contributed by atoms with Crippen molar-refractivity contribution in [2.45, 2.75) is 20.3 Å². The maximum absolute atomic E-state index is 10.6. The molecular weight excluding hydrogens is 158 g/mol. The van der Waals surface area contributed by atoms with Crippen molar-refractivity contribution in [3.63, 3.8) is 0 Å². The zero-order valence-corrected chi connectivity index (χ0v) is 7.46. The third kappa shape index (κ3) is 4.85. The molecule has 70 valence electrons. The molecule has 4 heteroatoms. The van der Waals surface area contributed by atoms with Gasteiger partial charge in [0.1, 0.15) is 5.78 Å². The van der Waals surface area contributed by atoms with Crippen molar-refractivity contribution in [3.05, 3.63) is 0 Å². The fourth-order valence-corrected chi connectivity index (χ4v) is 0.912. The van der Waals surface area contributed by atoms with Crippen LogP contribution >= 0.6 is 0 Å². The Kier molecular flexibility index (Phi) is 5.28. The number of carboxylic acid groups (broad SMARTS) is 1. The molecule has 0 bridgehead atoms. The van der Waals surface area contributed by atoms with Gasteiger partial charge < -0.3 is 15.2 Å². The summed E-state index contributed by atoms with van der Waals surface area (Å²) in [6, 6.07) is 0. The van der Waals surface area contributed by atoms with Crippen molar-refractivity contribution in [2.24, 2.45) is 5.92 Å². The highest BCUT2D eigenvalue weighted by molar-refractivity contribution is 5.82. The molecule has 1 unspecified atom stereocenters. The lowest BCUT2D eigenvalue weighted by atomic mass is 10.0. The molecule has 12 heavy (non-hydrogen) atoms. The Morgan fingerprint density at radius 1 is 1.50 bits per heavy atom. The van der Waals surface area contributed by atoms with Crippen LogP contribution in [0.15, 0.2) is 0 Å². The van der Waals surface area contributed by atoms with Crippen molar-refractivity contribution in [2.75, 3.05) is 13.1 Å². The van der Waals surface area contributed by atoms with Crippen LogP contribution in [0.5, 0.6) is 0 Å². The normalized spacial score (nSPS) is 12.5. The van der Waals surface area contributed by atoms with Gasteiger partial charge in [-0.2, -0.15) is 0 Å². The molecule has 4 nitrogen and oxygen atoms in total. The van der Waals surface area contributed by atoms with Crippen LogP contribution < -0.4 is 5.32 Å². The van der Waals surface area contributed by atoms with Gasteiger partial charge in [0.05, 0.1) is 5.92 Å². The highest BCUT2D eigenvalue weighted by Crippen LogP contribution is 2.02. The maximum Gasteiger partial charge on any atom is 0.308 e. The molecule has 0 aromatic heterocycles. The van der Waals surface area contributed by atoms with E-state index in [0.717, 1.165) is 6.54 Å². The Hall–Kier alpha value is -0.900. The number of rotatable bonds is 6. The van der Waals surface area contributed by atoms with E-state index in [4.69, 9.17) is 5.11 Å². The van der Waals surface area contributed by atoms with Crippen LogP contribution in [0, 0.1) is 5.92 Å². The molecular formula is C8H15NO3. The van der Waals surface area contributed by atoms with Crippen molar-refractivity contribution >= 4 is 11.8 Å². The Bertz CT molecular complexity index is 168. The summed E-state index contributed by atoms with van der Waals surface area (Å²) in [6.07, 6.45) is 0.113. The summed E-state index contributed by atoms with van der Waals surface area (Å²) in [5, 5.41) is 11.6. The quantitative estimate of drug-likeness (QED) is 0.605. The molecule has 0 aliphatic rings. The molecule has 2 N–H and O–H groups in total. The van der Waals surface area contributed by atoms with Crippen molar-refractivity contribution < 1.29 is 14.7 Å². The largest absolute Gasteiger partial charge is 0.481 e. The van der Waals surface area contributed by atoms with Gasteiger partial charge in [0.2, 0.25) is 0 Å². The average molecular weight is 173 g/mol. The van der Waals surface area contributed by atoms with E-state index in [1.807, 2.05) is 6.92 Å². The molecule has 0 aromatic carbocycles. The fourth-order valence-electron chi connectivity index (χ4n) is 0.912. The third-order valence-corrected chi connectivity index (χ3v) is 1.52. The second kappa shape index (κ2) is 5.71. The SMILES string of the molecule is CCNCC(CC(C)=O)C(=O)O. The molecule has 0 rings (SSSR count). The Labute approximate surface area is 72.0 Å². The summed E-state index contributed by atoms with van der Waals surface area (Å²) < 4.78 is 0. The average Bonchev–Trinajstić information content (AvgIpc) is 1.96. The van der Waals surface area contributed by atoms with Crippen LogP contribution in [0.1, 0.15) is 20.3 Å². The van der Waals surface area contributed by atoms with E-state index in [0.29, 0.717) is 6.54 Å². The Balaban J connectivity index is 3.87. The summed E-state index contributed by atoms with van der Waals surface area (Å²) in [4.78, 5) is 21.2. The van der Waals surface area contributed by atoms with Gasteiger partial charge in [-0.05, 0) is 13.5 Å². The first kappa shape index (κ1) is 11.1. The zero-order chi connectivity index (χ0) is 9.56. The van der Waals surface area contributed by atoms with Crippen molar-refractivity contribution in [1.29, 1.82) is 0 Å². The number of aliphatic carboxylic acids is 1. The zero-order valence-electron chi connectivity index (χ0n) is 7.46. The standard InChI is InChI=1S/C8H15NO3/c1-3-9-5-7(8(11)12)4-6(2)10/h7,9H,3-5H2,1-2H3,(H,11,12). The first-order valence-corrected chi connectivity index (χ1v) is 4.00. The van der Waals surface area contributed by atoms with Gasteiger partial charge in [-0.1, -0.05) is 6.92 Å². The highest BCUT2D eigenvalue weighted by atomic mass is 16.4. The number of ketones is 1. The number of carbonyl (C=O) groups excluding carboxylic acids is 1. The van der Waals surface area contributed by atoms with Gasteiger partial charge in [-0.3, -0.25) is 4.79 Å². The number of Topliss-reactive ketones (excluding diaryl/α,β-unsaturated/α-hetero) is 1. The minimum absolute atomic E-state index is 0.0831. The van der Waals surface area contributed by atoms with Crippen LogP contribution in [0.2, 0.25) is 0 Å². The predicted molar refractivity (Wildman–Crippen MR) is 45.0 cm³/mol. The van der Waals surface area contributed by atoms with Crippen LogP contribution in [0.4, 0.5) is 0 Å². The molecule has 0 saturated heterocycles. The first-order valence-electron chi connectivity index (χ1n) is 4.00. The van der Waals surface area contributed by atoms with Crippen LogP contribution in [0.3, 0.4) is 0 Å². The molecule has 0 spiro atoms. The summed E-state index contributed by atoms with van der Waals surface area (Å²) in [6.45, 7) is 4.39. The molecule has 0 radical (unpaired) electrons. The number of hydrogen-bond acceptors (Lipinski definition) is 3. The lowest BCUT2D eigenvalue weighted by Crippen LogP contribution is -2.29. The van der Waals surface area contributed by atoms with E-state index in [2.05, 4.69) is 5.32 Å². The summed E-state index contributed by atoms with van der Waals surface area (Å²) >= 11 is 0.